The predicted octanol–water partition coefficient (Wildman–Crippen LogP) is 2.32. The van der Waals surface area contributed by atoms with Crippen molar-refractivity contribution in [3.63, 3.8) is 0 Å². The third-order valence-corrected chi connectivity index (χ3v) is 2.85. The number of nitriles is 1. The minimum absolute atomic E-state index is 0.256. The third kappa shape index (κ3) is 2.80. The Morgan fingerprint density at radius 2 is 2.44 bits per heavy atom. The molecule has 0 bridgehead atoms. The van der Waals surface area contributed by atoms with Crippen molar-refractivity contribution in [2.45, 2.75) is 19.8 Å². The summed E-state index contributed by atoms with van der Waals surface area (Å²) in [6.45, 7) is 3.83. The molecule has 0 radical (unpaired) electrons. The Balaban J connectivity index is 3.01. The minimum Gasteiger partial charge on any atom is -0.465 e. The summed E-state index contributed by atoms with van der Waals surface area (Å²) in [7, 11) is 0. The van der Waals surface area contributed by atoms with Gasteiger partial charge in [0, 0.05) is 10.7 Å². The SMILES string of the molecule is CCOC(=O)C(C#N)c1cc(C)c(Br)cn1. The molecule has 0 fully saturated rings. The maximum absolute atomic E-state index is 11.5. The molecule has 1 aromatic heterocycles. The molecule has 1 aromatic rings. The van der Waals surface area contributed by atoms with Crippen molar-refractivity contribution in [2.75, 3.05) is 6.61 Å². The summed E-state index contributed by atoms with van der Waals surface area (Å²) in [6.07, 6.45) is 1.58. The molecule has 1 heterocycles. The number of ether oxygens (including phenoxy) is 1. The Morgan fingerprint density at radius 3 is 2.94 bits per heavy atom. The average Bonchev–Trinajstić information content (AvgIpc) is 2.25. The second kappa shape index (κ2) is 5.61. The first kappa shape index (κ1) is 12.7. The van der Waals surface area contributed by atoms with E-state index in [4.69, 9.17) is 10.00 Å². The van der Waals surface area contributed by atoms with Crippen LogP contribution in [-0.2, 0) is 9.53 Å². The number of rotatable bonds is 3. The fourth-order valence-electron chi connectivity index (χ4n) is 1.18. The summed E-state index contributed by atoms with van der Waals surface area (Å²) in [5.41, 5.74) is 1.34. The largest absolute Gasteiger partial charge is 0.465 e. The van der Waals surface area contributed by atoms with Crippen molar-refractivity contribution in [1.29, 1.82) is 5.26 Å². The molecule has 0 saturated carbocycles. The van der Waals surface area contributed by atoms with Gasteiger partial charge >= 0.3 is 5.97 Å². The van der Waals surface area contributed by atoms with Gasteiger partial charge in [-0.1, -0.05) is 0 Å². The molecule has 0 aromatic carbocycles. The van der Waals surface area contributed by atoms with Crippen LogP contribution in [0.5, 0.6) is 0 Å². The van der Waals surface area contributed by atoms with Gasteiger partial charge in [0.05, 0.1) is 18.4 Å². The number of esters is 1. The van der Waals surface area contributed by atoms with Crippen LogP contribution >= 0.6 is 15.9 Å². The van der Waals surface area contributed by atoms with Crippen LogP contribution in [0.25, 0.3) is 0 Å². The highest BCUT2D eigenvalue weighted by Gasteiger charge is 2.23. The van der Waals surface area contributed by atoms with E-state index in [1.54, 1.807) is 19.2 Å². The summed E-state index contributed by atoms with van der Waals surface area (Å²) in [5, 5.41) is 8.93. The fraction of sp³-hybridized carbons (Fsp3) is 0.364. The molecule has 0 spiro atoms. The normalized spacial score (nSPS) is 11.6. The smallest absolute Gasteiger partial charge is 0.329 e. The quantitative estimate of drug-likeness (QED) is 0.799. The monoisotopic (exact) mass is 282 g/mol. The lowest BCUT2D eigenvalue weighted by Crippen LogP contribution is -2.15. The zero-order chi connectivity index (χ0) is 12.1. The van der Waals surface area contributed by atoms with Crippen molar-refractivity contribution in [2.24, 2.45) is 0 Å². The first-order chi connectivity index (χ1) is 7.60. The molecule has 0 saturated heterocycles. The molecular weight excluding hydrogens is 272 g/mol. The number of carbonyl (C=O) groups is 1. The lowest BCUT2D eigenvalue weighted by molar-refractivity contribution is -0.143. The van der Waals surface area contributed by atoms with Gasteiger partial charge in [-0.05, 0) is 41.4 Å². The van der Waals surface area contributed by atoms with Crippen LogP contribution in [0.1, 0.15) is 24.1 Å². The van der Waals surface area contributed by atoms with Gasteiger partial charge in [0.1, 0.15) is 0 Å². The van der Waals surface area contributed by atoms with Crippen molar-refractivity contribution in [1.82, 2.24) is 4.98 Å². The van der Waals surface area contributed by atoms with Crippen LogP contribution in [0.3, 0.4) is 0 Å². The molecule has 0 aliphatic rings. The zero-order valence-electron chi connectivity index (χ0n) is 9.03. The summed E-state index contributed by atoms with van der Waals surface area (Å²) < 4.78 is 5.65. The summed E-state index contributed by atoms with van der Waals surface area (Å²) >= 11 is 3.31. The van der Waals surface area contributed by atoms with Crippen molar-refractivity contribution in [3.05, 3.63) is 28.0 Å². The number of hydrogen-bond donors (Lipinski definition) is 0. The van der Waals surface area contributed by atoms with Gasteiger partial charge in [-0.15, -0.1) is 0 Å². The second-order valence-electron chi connectivity index (χ2n) is 3.17. The van der Waals surface area contributed by atoms with E-state index in [2.05, 4.69) is 20.9 Å². The van der Waals surface area contributed by atoms with Crippen molar-refractivity contribution >= 4 is 21.9 Å². The van der Waals surface area contributed by atoms with Gasteiger partial charge in [-0.2, -0.15) is 5.26 Å². The number of nitrogens with zero attached hydrogens (tertiary/aromatic N) is 2. The Morgan fingerprint density at radius 1 is 1.75 bits per heavy atom. The van der Waals surface area contributed by atoms with E-state index < -0.39 is 11.9 Å². The molecule has 0 N–H and O–H groups in total. The summed E-state index contributed by atoms with van der Waals surface area (Å²) in [4.78, 5) is 15.5. The molecule has 0 amide bonds. The van der Waals surface area contributed by atoms with E-state index in [0.717, 1.165) is 10.0 Å². The van der Waals surface area contributed by atoms with Crippen LogP contribution in [0.2, 0.25) is 0 Å². The number of carbonyl (C=O) groups excluding carboxylic acids is 1. The molecule has 84 valence electrons. The highest BCUT2D eigenvalue weighted by Crippen LogP contribution is 2.20. The van der Waals surface area contributed by atoms with Crippen LogP contribution in [0, 0.1) is 18.3 Å². The van der Waals surface area contributed by atoms with Gasteiger partial charge in [0.2, 0.25) is 0 Å². The molecule has 0 aliphatic carbocycles. The Hall–Kier alpha value is -1.41. The average molecular weight is 283 g/mol. The van der Waals surface area contributed by atoms with E-state index in [1.165, 1.54) is 0 Å². The van der Waals surface area contributed by atoms with E-state index in [-0.39, 0.29) is 6.61 Å². The molecule has 0 aliphatic heterocycles. The van der Waals surface area contributed by atoms with E-state index in [1.807, 2.05) is 13.0 Å². The van der Waals surface area contributed by atoms with Crippen molar-refractivity contribution in [3.8, 4) is 6.07 Å². The highest BCUT2D eigenvalue weighted by molar-refractivity contribution is 9.10. The molecule has 4 nitrogen and oxygen atoms in total. The number of halogens is 1. The molecule has 1 atom stereocenters. The van der Waals surface area contributed by atoms with E-state index >= 15 is 0 Å². The van der Waals surface area contributed by atoms with Gasteiger partial charge in [0.25, 0.3) is 0 Å². The molecule has 16 heavy (non-hydrogen) atoms. The van der Waals surface area contributed by atoms with Gasteiger partial charge in [-0.25, -0.2) is 0 Å². The number of aromatic nitrogens is 1. The molecule has 1 rings (SSSR count). The molecule has 1 unspecified atom stereocenters. The first-order valence-electron chi connectivity index (χ1n) is 4.78. The topological polar surface area (TPSA) is 63.0 Å². The Labute approximate surface area is 102 Å². The minimum atomic E-state index is -0.952. The van der Waals surface area contributed by atoms with Gasteiger partial charge in [-0.3, -0.25) is 9.78 Å². The zero-order valence-corrected chi connectivity index (χ0v) is 10.6. The fourth-order valence-corrected chi connectivity index (χ4v) is 1.40. The maximum atomic E-state index is 11.5. The number of pyridine rings is 1. The first-order valence-corrected chi connectivity index (χ1v) is 5.57. The summed E-state index contributed by atoms with van der Waals surface area (Å²) in [5.74, 6) is -1.51. The summed E-state index contributed by atoms with van der Waals surface area (Å²) in [6, 6.07) is 3.60. The number of hydrogen-bond acceptors (Lipinski definition) is 4. The van der Waals surface area contributed by atoms with Crippen molar-refractivity contribution < 1.29 is 9.53 Å². The highest BCUT2D eigenvalue weighted by atomic mass is 79.9. The Bertz CT molecular complexity index is 440. The second-order valence-corrected chi connectivity index (χ2v) is 4.03. The van der Waals surface area contributed by atoms with Gasteiger partial charge in [0.15, 0.2) is 5.92 Å². The lowest BCUT2D eigenvalue weighted by atomic mass is 10.1. The maximum Gasteiger partial charge on any atom is 0.329 e. The van der Waals surface area contributed by atoms with E-state index in [0.29, 0.717) is 5.69 Å². The van der Waals surface area contributed by atoms with Crippen LogP contribution in [0.4, 0.5) is 0 Å². The van der Waals surface area contributed by atoms with Crippen LogP contribution in [-0.4, -0.2) is 17.6 Å². The van der Waals surface area contributed by atoms with Gasteiger partial charge < -0.3 is 4.74 Å². The standard InChI is InChI=1S/C11H11BrN2O2/c1-3-16-11(15)8(5-13)10-4-7(2)9(12)6-14-10/h4,6,8H,3H2,1-2H3. The third-order valence-electron chi connectivity index (χ3n) is 2.02. The van der Waals surface area contributed by atoms with Crippen LogP contribution < -0.4 is 0 Å². The lowest BCUT2D eigenvalue weighted by Gasteiger charge is -2.08. The van der Waals surface area contributed by atoms with E-state index in [9.17, 15) is 4.79 Å². The molecular formula is C11H11BrN2O2. The Kier molecular flexibility index (Phi) is 4.44. The number of aryl methyl sites for hydroxylation is 1. The predicted molar refractivity (Wildman–Crippen MR) is 61.7 cm³/mol. The van der Waals surface area contributed by atoms with Crippen LogP contribution in [0.15, 0.2) is 16.7 Å². The molecule has 5 heteroatoms.